The fourth-order valence-corrected chi connectivity index (χ4v) is 2.53. The molecule has 0 radical (unpaired) electrons. The summed E-state index contributed by atoms with van der Waals surface area (Å²) in [5, 5.41) is 12.6. The second-order valence-electron chi connectivity index (χ2n) is 5.63. The van der Waals surface area contributed by atoms with Gasteiger partial charge < -0.3 is 10.0 Å². The number of likely N-dealkylation sites (N-methyl/N-ethyl adjacent to an activating group) is 1. The lowest BCUT2D eigenvalue weighted by atomic mass is 9.90. The first-order valence-corrected chi connectivity index (χ1v) is 6.03. The van der Waals surface area contributed by atoms with E-state index >= 15 is 0 Å². The number of carboxylic acids is 1. The van der Waals surface area contributed by atoms with Crippen molar-refractivity contribution in [1.29, 1.82) is 0 Å². The second kappa shape index (κ2) is 5.15. The molecule has 1 heterocycles. The first-order valence-electron chi connectivity index (χ1n) is 6.03. The van der Waals surface area contributed by atoms with Crippen molar-refractivity contribution in [2.24, 2.45) is 5.92 Å². The average molecular weight is 228 g/mol. The largest absolute Gasteiger partial charge is 0.480 e. The highest BCUT2D eigenvalue weighted by atomic mass is 16.4. The number of likely N-dealkylation sites (tertiary alicyclic amines) is 1. The summed E-state index contributed by atoms with van der Waals surface area (Å²) in [5.41, 5.74) is -0.788. The first-order chi connectivity index (χ1) is 7.33. The van der Waals surface area contributed by atoms with Gasteiger partial charge in [-0.2, -0.15) is 0 Å². The summed E-state index contributed by atoms with van der Waals surface area (Å²) in [6.07, 6.45) is 1.71. The number of nitrogens with zero attached hydrogens (tertiary/aromatic N) is 1. The Balaban J connectivity index is 2.60. The first kappa shape index (κ1) is 13.5. The third-order valence-electron chi connectivity index (χ3n) is 3.20. The van der Waals surface area contributed by atoms with Crippen molar-refractivity contribution in [3.05, 3.63) is 0 Å². The molecule has 0 aromatic heterocycles. The monoisotopic (exact) mass is 228 g/mol. The lowest BCUT2D eigenvalue weighted by Gasteiger charge is -2.31. The third-order valence-corrected chi connectivity index (χ3v) is 3.20. The predicted octanol–water partition coefficient (Wildman–Crippen LogP) is 1.17. The highest BCUT2D eigenvalue weighted by molar-refractivity contribution is 5.78. The Bertz CT molecular complexity index is 255. The van der Waals surface area contributed by atoms with Crippen LogP contribution in [0.5, 0.6) is 0 Å². The number of hydrogen-bond acceptors (Lipinski definition) is 3. The van der Waals surface area contributed by atoms with Gasteiger partial charge in [-0.15, -0.1) is 0 Å². The highest BCUT2D eigenvalue weighted by Gasteiger charge is 2.37. The standard InChI is InChI=1S/C12H24N2O2/c1-9(2)7-12(3,11(15)16)13-10-5-6-14(4)8-10/h9-10,13H,5-8H2,1-4H3,(H,15,16). The summed E-state index contributed by atoms with van der Waals surface area (Å²) in [5.74, 6) is -0.358. The summed E-state index contributed by atoms with van der Waals surface area (Å²) >= 11 is 0. The number of aliphatic carboxylic acids is 1. The number of rotatable bonds is 5. The molecule has 2 N–H and O–H groups in total. The topological polar surface area (TPSA) is 52.6 Å². The number of nitrogens with one attached hydrogen (secondary N) is 1. The van der Waals surface area contributed by atoms with E-state index in [0.717, 1.165) is 19.5 Å². The van der Waals surface area contributed by atoms with Crippen LogP contribution >= 0.6 is 0 Å². The molecule has 1 rings (SSSR count). The molecule has 1 saturated heterocycles. The van der Waals surface area contributed by atoms with Crippen molar-refractivity contribution in [3.63, 3.8) is 0 Å². The van der Waals surface area contributed by atoms with Crippen LogP contribution in [0.15, 0.2) is 0 Å². The van der Waals surface area contributed by atoms with Gasteiger partial charge >= 0.3 is 5.97 Å². The molecule has 0 aromatic rings. The zero-order valence-corrected chi connectivity index (χ0v) is 10.8. The second-order valence-corrected chi connectivity index (χ2v) is 5.63. The third kappa shape index (κ3) is 3.46. The van der Waals surface area contributed by atoms with E-state index in [4.69, 9.17) is 0 Å². The fourth-order valence-electron chi connectivity index (χ4n) is 2.53. The van der Waals surface area contributed by atoms with Gasteiger partial charge in [0, 0.05) is 12.6 Å². The molecule has 1 fully saturated rings. The van der Waals surface area contributed by atoms with Crippen molar-refractivity contribution in [2.45, 2.75) is 45.2 Å². The minimum atomic E-state index is -0.788. The SMILES string of the molecule is CC(C)CC(C)(NC1CCN(C)C1)C(=O)O. The van der Waals surface area contributed by atoms with Gasteiger partial charge in [0.2, 0.25) is 0 Å². The summed E-state index contributed by atoms with van der Waals surface area (Å²) in [4.78, 5) is 13.6. The smallest absolute Gasteiger partial charge is 0.323 e. The molecule has 0 saturated carbocycles. The van der Waals surface area contributed by atoms with Crippen molar-refractivity contribution in [2.75, 3.05) is 20.1 Å². The molecular weight excluding hydrogens is 204 g/mol. The van der Waals surface area contributed by atoms with Crippen LogP contribution < -0.4 is 5.32 Å². The van der Waals surface area contributed by atoms with Crippen LogP contribution in [0.4, 0.5) is 0 Å². The van der Waals surface area contributed by atoms with E-state index in [0.29, 0.717) is 18.4 Å². The van der Waals surface area contributed by atoms with E-state index in [1.165, 1.54) is 0 Å². The Hall–Kier alpha value is -0.610. The van der Waals surface area contributed by atoms with Gasteiger partial charge in [0.05, 0.1) is 0 Å². The van der Waals surface area contributed by atoms with E-state index in [9.17, 15) is 9.90 Å². The van der Waals surface area contributed by atoms with Gasteiger partial charge in [-0.05, 0) is 39.3 Å². The zero-order valence-electron chi connectivity index (χ0n) is 10.8. The molecule has 1 aliphatic rings. The fraction of sp³-hybridized carbons (Fsp3) is 0.917. The molecular formula is C12H24N2O2. The Morgan fingerprint density at radius 2 is 2.25 bits per heavy atom. The van der Waals surface area contributed by atoms with Crippen molar-refractivity contribution >= 4 is 5.97 Å². The van der Waals surface area contributed by atoms with Crippen LogP contribution in [-0.4, -0.2) is 47.7 Å². The Labute approximate surface area is 98.0 Å². The summed E-state index contributed by atoms with van der Waals surface area (Å²) in [6, 6.07) is 0.310. The van der Waals surface area contributed by atoms with Crippen LogP contribution in [0, 0.1) is 5.92 Å². The van der Waals surface area contributed by atoms with E-state index in [-0.39, 0.29) is 0 Å². The maximum Gasteiger partial charge on any atom is 0.323 e. The number of carbonyl (C=O) groups is 1. The molecule has 0 spiro atoms. The molecule has 94 valence electrons. The average Bonchev–Trinajstić information content (AvgIpc) is 2.49. The van der Waals surface area contributed by atoms with Crippen molar-refractivity contribution in [1.82, 2.24) is 10.2 Å². The highest BCUT2D eigenvalue weighted by Crippen LogP contribution is 2.20. The molecule has 0 aliphatic carbocycles. The van der Waals surface area contributed by atoms with Crippen molar-refractivity contribution in [3.8, 4) is 0 Å². The Morgan fingerprint density at radius 3 is 2.62 bits per heavy atom. The minimum Gasteiger partial charge on any atom is -0.480 e. The van der Waals surface area contributed by atoms with E-state index < -0.39 is 11.5 Å². The number of carboxylic acid groups (broad SMARTS) is 1. The number of hydrogen-bond donors (Lipinski definition) is 2. The normalized spacial score (nSPS) is 25.9. The summed E-state index contributed by atoms with van der Waals surface area (Å²) in [6.45, 7) is 7.91. The van der Waals surface area contributed by atoms with Crippen LogP contribution in [0.25, 0.3) is 0 Å². The quantitative estimate of drug-likeness (QED) is 0.741. The molecule has 0 bridgehead atoms. The minimum absolute atomic E-state index is 0.310. The van der Waals surface area contributed by atoms with Gasteiger partial charge in [-0.25, -0.2) is 0 Å². The van der Waals surface area contributed by atoms with Crippen LogP contribution in [0.2, 0.25) is 0 Å². The van der Waals surface area contributed by atoms with E-state index in [2.05, 4.69) is 31.1 Å². The van der Waals surface area contributed by atoms with Crippen LogP contribution in [0.3, 0.4) is 0 Å². The van der Waals surface area contributed by atoms with Gasteiger partial charge in [-0.1, -0.05) is 13.8 Å². The van der Waals surface area contributed by atoms with Gasteiger partial charge in [-0.3, -0.25) is 10.1 Å². The van der Waals surface area contributed by atoms with Crippen LogP contribution in [-0.2, 0) is 4.79 Å². The lowest BCUT2D eigenvalue weighted by Crippen LogP contribution is -2.55. The van der Waals surface area contributed by atoms with Crippen molar-refractivity contribution < 1.29 is 9.90 Å². The zero-order chi connectivity index (χ0) is 12.3. The van der Waals surface area contributed by atoms with Gasteiger partial charge in [0.1, 0.15) is 5.54 Å². The molecule has 4 heteroatoms. The molecule has 1 aliphatic heterocycles. The van der Waals surface area contributed by atoms with Gasteiger partial charge in [0.15, 0.2) is 0 Å². The lowest BCUT2D eigenvalue weighted by molar-refractivity contribution is -0.145. The predicted molar refractivity (Wildman–Crippen MR) is 64.5 cm³/mol. The van der Waals surface area contributed by atoms with Gasteiger partial charge in [0.25, 0.3) is 0 Å². The van der Waals surface area contributed by atoms with E-state index in [1.807, 2.05) is 0 Å². The van der Waals surface area contributed by atoms with Crippen LogP contribution in [0.1, 0.15) is 33.6 Å². The maximum absolute atomic E-state index is 11.3. The summed E-state index contributed by atoms with van der Waals surface area (Å²) < 4.78 is 0. The summed E-state index contributed by atoms with van der Waals surface area (Å²) in [7, 11) is 2.07. The maximum atomic E-state index is 11.3. The molecule has 2 unspecified atom stereocenters. The molecule has 4 nitrogen and oxygen atoms in total. The molecule has 2 atom stereocenters. The Morgan fingerprint density at radius 1 is 1.62 bits per heavy atom. The molecule has 16 heavy (non-hydrogen) atoms. The molecule has 0 amide bonds. The molecule has 0 aromatic carbocycles. The Kier molecular flexibility index (Phi) is 4.33. The van der Waals surface area contributed by atoms with E-state index in [1.54, 1.807) is 6.92 Å².